The van der Waals surface area contributed by atoms with Gasteiger partial charge in [0.05, 0.1) is 12.1 Å². The largest absolute Gasteiger partial charge is 0.311 e. The summed E-state index contributed by atoms with van der Waals surface area (Å²) < 4.78 is 0. The number of rotatable bonds is 5. The second-order valence-corrected chi connectivity index (χ2v) is 4.35. The maximum Gasteiger partial charge on any atom is 0.0515 e. The van der Waals surface area contributed by atoms with E-state index in [9.17, 15) is 0 Å². The van der Waals surface area contributed by atoms with Crippen molar-refractivity contribution in [3.8, 4) is 0 Å². The molecule has 0 aliphatic carbocycles. The van der Waals surface area contributed by atoms with Gasteiger partial charge in [0.15, 0.2) is 0 Å². The summed E-state index contributed by atoms with van der Waals surface area (Å²) in [6.45, 7) is 0. The molecule has 0 amide bonds. The van der Waals surface area contributed by atoms with E-state index in [-0.39, 0.29) is 24.5 Å². The van der Waals surface area contributed by atoms with Crippen molar-refractivity contribution in [3.05, 3.63) is 71.8 Å². The van der Waals surface area contributed by atoms with Gasteiger partial charge in [-0.2, -0.15) is 0 Å². The molecule has 0 spiro atoms. The third kappa shape index (κ3) is 3.80. The zero-order valence-corrected chi connectivity index (χ0v) is 12.2. The molecule has 0 saturated carbocycles. The topological polar surface area (TPSA) is 24.1 Å². The van der Waals surface area contributed by atoms with E-state index in [1.165, 1.54) is 11.1 Å². The fraction of sp³-hybridized carbons (Fsp3) is 0.250. The number of hydrogen-bond acceptors (Lipinski definition) is 2. The molecule has 2 atom stereocenters. The van der Waals surface area contributed by atoms with Gasteiger partial charge in [0, 0.05) is 0 Å². The van der Waals surface area contributed by atoms with Gasteiger partial charge in [-0.25, -0.2) is 0 Å². The monoisotopic (exact) mass is 276 g/mol. The standard InChI is InChI=1S/C16H20N2.ClH/c1-17-15(13-9-5-3-6-10-13)16(18-2)14-11-7-4-8-12-14;/h3-12,15-18H,1-2H3;1H. The molecule has 2 N–H and O–H groups in total. The van der Waals surface area contributed by atoms with Crippen molar-refractivity contribution in [2.75, 3.05) is 14.1 Å². The highest BCUT2D eigenvalue weighted by Crippen LogP contribution is 2.27. The highest BCUT2D eigenvalue weighted by Gasteiger charge is 2.21. The molecule has 102 valence electrons. The normalized spacial score (nSPS) is 13.4. The molecule has 0 aromatic heterocycles. The van der Waals surface area contributed by atoms with Crippen molar-refractivity contribution in [1.29, 1.82) is 0 Å². The molecule has 0 aliphatic heterocycles. The lowest BCUT2D eigenvalue weighted by Gasteiger charge is -2.27. The predicted octanol–water partition coefficient (Wildman–Crippen LogP) is 3.33. The average molecular weight is 277 g/mol. The van der Waals surface area contributed by atoms with Gasteiger partial charge in [-0.05, 0) is 25.2 Å². The summed E-state index contributed by atoms with van der Waals surface area (Å²) in [7, 11) is 4.01. The number of likely N-dealkylation sites (N-methyl/N-ethyl adjacent to an activating group) is 2. The van der Waals surface area contributed by atoms with Crippen LogP contribution in [-0.2, 0) is 0 Å². The van der Waals surface area contributed by atoms with Crippen molar-refractivity contribution in [2.45, 2.75) is 12.1 Å². The minimum atomic E-state index is 0. The van der Waals surface area contributed by atoms with E-state index in [1.54, 1.807) is 0 Å². The average Bonchev–Trinajstić information content (AvgIpc) is 2.46. The van der Waals surface area contributed by atoms with Crippen LogP contribution in [0.5, 0.6) is 0 Å². The SMILES string of the molecule is CNC(c1ccccc1)C(NC)c1ccccc1.Cl. The molecule has 0 fully saturated rings. The molecule has 3 heteroatoms. The molecular weight excluding hydrogens is 256 g/mol. The van der Waals surface area contributed by atoms with Crippen LogP contribution in [0, 0.1) is 0 Å². The first kappa shape index (κ1) is 15.7. The van der Waals surface area contributed by atoms with Crippen molar-refractivity contribution < 1.29 is 0 Å². The van der Waals surface area contributed by atoms with Crippen LogP contribution in [0.4, 0.5) is 0 Å². The maximum atomic E-state index is 3.41. The second-order valence-electron chi connectivity index (χ2n) is 4.35. The molecule has 2 aromatic carbocycles. The first-order valence-corrected chi connectivity index (χ1v) is 6.31. The number of nitrogens with one attached hydrogen (secondary N) is 2. The van der Waals surface area contributed by atoms with Gasteiger partial charge in [0.25, 0.3) is 0 Å². The van der Waals surface area contributed by atoms with Crippen molar-refractivity contribution >= 4 is 12.4 Å². The Kier molecular flexibility index (Phi) is 6.57. The molecule has 2 aromatic rings. The molecule has 2 rings (SSSR count). The smallest absolute Gasteiger partial charge is 0.0515 e. The third-order valence-corrected chi connectivity index (χ3v) is 3.27. The lowest BCUT2D eigenvalue weighted by Crippen LogP contribution is -2.31. The summed E-state index contributed by atoms with van der Waals surface area (Å²) in [6, 6.07) is 21.6. The Bertz CT molecular complexity index is 413. The van der Waals surface area contributed by atoms with E-state index in [4.69, 9.17) is 0 Å². The Morgan fingerprint density at radius 3 is 1.21 bits per heavy atom. The fourth-order valence-electron chi connectivity index (χ4n) is 2.37. The first-order valence-electron chi connectivity index (χ1n) is 6.31. The first-order chi connectivity index (χ1) is 8.86. The van der Waals surface area contributed by atoms with Crippen LogP contribution in [0.2, 0.25) is 0 Å². The van der Waals surface area contributed by atoms with E-state index >= 15 is 0 Å². The summed E-state index contributed by atoms with van der Waals surface area (Å²) in [5.74, 6) is 0. The predicted molar refractivity (Wildman–Crippen MR) is 83.7 cm³/mol. The van der Waals surface area contributed by atoms with Gasteiger partial charge in [0.2, 0.25) is 0 Å². The maximum absolute atomic E-state index is 3.41. The summed E-state index contributed by atoms with van der Waals surface area (Å²) >= 11 is 0. The van der Waals surface area contributed by atoms with E-state index in [2.05, 4.69) is 59.2 Å². The highest BCUT2D eigenvalue weighted by molar-refractivity contribution is 5.85. The Hall–Kier alpha value is -1.35. The zero-order valence-electron chi connectivity index (χ0n) is 11.3. The molecule has 0 aliphatic rings. The number of halogens is 1. The van der Waals surface area contributed by atoms with Gasteiger partial charge < -0.3 is 10.6 Å². The summed E-state index contributed by atoms with van der Waals surface area (Å²) in [5, 5.41) is 6.81. The number of benzene rings is 2. The third-order valence-electron chi connectivity index (χ3n) is 3.27. The highest BCUT2D eigenvalue weighted by atomic mass is 35.5. The molecular formula is C16H21ClN2. The van der Waals surface area contributed by atoms with Crippen LogP contribution in [-0.4, -0.2) is 14.1 Å². The van der Waals surface area contributed by atoms with Gasteiger partial charge in [0.1, 0.15) is 0 Å². The van der Waals surface area contributed by atoms with Crippen molar-refractivity contribution in [2.24, 2.45) is 0 Å². The fourth-order valence-corrected chi connectivity index (χ4v) is 2.37. The molecule has 0 saturated heterocycles. The van der Waals surface area contributed by atoms with Crippen molar-refractivity contribution in [1.82, 2.24) is 10.6 Å². The molecule has 0 bridgehead atoms. The minimum Gasteiger partial charge on any atom is -0.311 e. The summed E-state index contributed by atoms with van der Waals surface area (Å²) in [5.41, 5.74) is 2.59. The molecule has 0 heterocycles. The Balaban J connectivity index is 0.00000180. The molecule has 2 nitrogen and oxygen atoms in total. The lowest BCUT2D eigenvalue weighted by molar-refractivity contribution is 0.432. The van der Waals surface area contributed by atoms with Crippen LogP contribution in [0.3, 0.4) is 0 Å². The molecule has 0 radical (unpaired) electrons. The number of hydrogen-bond donors (Lipinski definition) is 2. The minimum absolute atomic E-state index is 0. The quantitative estimate of drug-likeness (QED) is 0.875. The Labute approximate surface area is 121 Å². The Morgan fingerprint density at radius 1 is 0.632 bits per heavy atom. The van der Waals surface area contributed by atoms with Crippen molar-refractivity contribution in [3.63, 3.8) is 0 Å². The molecule has 19 heavy (non-hydrogen) atoms. The zero-order chi connectivity index (χ0) is 12.8. The van der Waals surface area contributed by atoms with Crippen LogP contribution >= 0.6 is 12.4 Å². The van der Waals surface area contributed by atoms with Gasteiger partial charge in [-0.3, -0.25) is 0 Å². The van der Waals surface area contributed by atoms with E-state index < -0.39 is 0 Å². The van der Waals surface area contributed by atoms with E-state index in [0.29, 0.717) is 0 Å². The molecule has 2 unspecified atom stereocenters. The van der Waals surface area contributed by atoms with Crippen LogP contribution in [0.15, 0.2) is 60.7 Å². The summed E-state index contributed by atoms with van der Waals surface area (Å²) in [6.07, 6.45) is 0. The van der Waals surface area contributed by atoms with Gasteiger partial charge >= 0.3 is 0 Å². The van der Waals surface area contributed by atoms with E-state index in [0.717, 1.165) is 0 Å². The Morgan fingerprint density at radius 2 is 0.947 bits per heavy atom. The summed E-state index contributed by atoms with van der Waals surface area (Å²) in [4.78, 5) is 0. The van der Waals surface area contributed by atoms with Crippen LogP contribution in [0.1, 0.15) is 23.2 Å². The van der Waals surface area contributed by atoms with Crippen LogP contribution < -0.4 is 10.6 Å². The second kappa shape index (κ2) is 7.95. The van der Waals surface area contributed by atoms with Gasteiger partial charge in [-0.1, -0.05) is 60.7 Å². The van der Waals surface area contributed by atoms with E-state index in [1.807, 2.05) is 26.2 Å². The van der Waals surface area contributed by atoms with Crippen LogP contribution in [0.25, 0.3) is 0 Å². The lowest BCUT2D eigenvalue weighted by atomic mass is 9.93. The van der Waals surface area contributed by atoms with Gasteiger partial charge in [-0.15, -0.1) is 12.4 Å².